The van der Waals surface area contributed by atoms with Crippen molar-refractivity contribution in [1.82, 2.24) is 0 Å². The van der Waals surface area contributed by atoms with Crippen LogP contribution in [0.3, 0.4) is 0 Å². The van der Waals surface area contributed by atoms with Crippen molar-refractivity contribution in [2.24, 2.45) is 5.92 Å². The highest BCUT2D eigenvalue weighted by atomic mass is 16.5. The van der Waals surface area contributed by atoms with Gasteiger partial charge in [-0.15, -0.1) is 0 Å². The van der Waals surface area contributed by atoms with Gasteiger partial charge in [-0.25, -0.2) is 0 Å². The van der Waals surface area contributed by atoms with Crippen LogP contribution in [0.15, 0.2) is 24.3 Å². The Hall–Kier alpha value is -1.05. The Labute approximate surface area is 373 Å². The lowest BCUT2D eigenvalue weighted by Gasteiger charge is -2.07. The van der Waals surface area contributed by atoms with Crippen molar-refractivity contribution < 1.29 is 9.53 Å². The van der Waals surface area contributed by atoms with E-state index in [4.69, 9.17) is 4.74 Å². The van der Waals surface area contributed by atoms with Crippen LogP contribution in [0.4, 0.5) is 0 Å². The molecule has 0 aromatic heterocycles. The molecular weight excluding hydrogens is 717 g/mol. The highest BCUT2D eigenvalue weighted by Crippen LogP contribution is 2.18. The quantitative estimate of drug-likeness (QED) is 0.0347. The normalized spacial score (nSPS) is 12.4. The van der Waals surface area contributed by atoms with Gasteiger partial charge in [-0.05, 0) is 50.9 Å². The van der Waals surface area contributed by atoms with E-state index >= 15 is 0 Å². The molecule has 0 saturated heterocycles. The fourth-order valence-electron chi connectivity index (χ4n) is 8.62. The smallest absolute Gasteiger partial charge is 0.305 e. The second-order valence-electron chi connectivity index (χ2n) is 19.2. The van der Waals surface area contributed by atoms with Crippen LogP contribution in [-0.2, 0) is 9.53 Å². The van der Waals surface area contributed by atoms with E-state index < -0.39 is 0 Å². The Bertz CT molecular complexity index is 828. The van der Waals surface area contributed by atoms with Crippen LogP contribution in [-0.4, -0.2) is 12.6 Å². The zero-order valence-corrected chi connectivity index (χ0v) is 41.1. The summed E-state index contributed by atoms with van der Waals surface area (Å²) in [4.78, 5) is 12.0. The van der Waals surface area contributed by atoms with E-state index in [1.807, 2.05) is 0 Å². The highest BCUT2D eigenvalue weighted by Gasteiger charge is 2.03. The summed E-state index contributed by atoms with van der Waals surface area (Å²) in [5.74, 6) is 0.956. The third kappa shape index (κ3) is 53.0. The van der Waals surface area contributed by atoms with Gasteiger partial charge in [0.05, 0.1) is 6.61 Å². The average molecular weight is 828 g/mol. The van der Waals surface area contributed by atoms with Crippen LogP contribution < -0.4 is 0 Å². The molecule has 350 valence electrons. The number of allylic oxidation sites excluding steroid dienone is 4. The zero-order chi connectivity index (χ0) is 42.6. The Balaban J connectivity index is 3.16. The lowest BCUT2D eigenvalue weighted by Crippen LogP contribution is -2.05. The van der Waals surface area contributed by atoms with Crippen molar-refractivity contribution in [3.63, 3.8) is 0 Å². The molecule has 0 rings (SSSR count). The summed E-state index contributed by atoms with van der Waals surface area (Å²) in [5, 5.41) is 0. The van der Waals surface area contributed by atoms with Crippen molar-refractivity contribution in [3.8, 4) is 0 Å². The molecule has 0 heterocycles. The molecule has 0 N–H and O–H groups in total. The zero-order valence-electron chi connectivity index (χ0n) is 41.1. The average Bonchev–Trinajstić information content (AvgIpc) is 3.24. The molecule has 0 radical (unpaired) electrons. The van der Waals surface area contributed by atoms with E-state index in [0.717, 1.165) is 31.6 Å². The number of hydrogen-bond acceptors (Lipinski definition) is 2. The highest BCUT2D eigenvalue weighted by molar-refractivity contribution is 5.69. The summed E-state index contributed by atoms with van der Waals surface area (Å²) in [6.07, 6.45) is 73.4. The van der Waals surface area contributed by atoms with Crippen LogP contribution >= 0.6 is 0 Å². The van der Waals surface area contributed by atoms with Crippen LogP contribution in [0.1, 0.15) is 323 Å². The van der Waals surface area contributed by atoms with Crippen LogP contribution in [0.25, 0.3) is 0 Å². The number of hydrogen-bond donors (Lipinski definition) is 0. The van der Waals surface area contributed by atoms with E-state index in [0.29, 0.717) is 13.0 Å². The summed E-state index contributed by atoms with van der Waals surface area (Å²) < 4.78 is 5.48. The Morgan fingerprint density at radius 1 is 0.373 bits per heavy atom. The first-order valence-electron chi connectivity index (χ1n) is 27.7. The van der Waals surface area contributed by atoms with Crippen LogP contribution in [0.5, 0.6) is 0 Å². The molecule has 0 fully saturated rings. The molecule has 59 heavy (non-hydrogen) atoms. The topological polar surface area (TPSA) is 26.3 Å². The molecule has 0 amide bonds. The maximum Gasteiger partial charge on any atom is 0.305 e. The SMILES string of the molecule is CCCCC/C=C\C/C=C\CCCCCCCC(=O)OCCCCCCCCCCCCCCCCCCCCCCCCCCCCCCCCCCCC(C)CC. The predicted octanol–water partition coefficient (Wildman–Crippen LogP) is 20.7. The number of ether oxygens (including phenoxy) is 1. The molecule has 0 aromatic carbocycles. The lowest BCUT2D eigenvalue weighted by atomic mass is 9.99. The van der Waals surface area contributed by atoms with Crippen molar-refractivity contribution >= 4 is 5.97 Å². The fraction of sp³-hybridized carbons (Fsp3) is 0.912. The molecule has 0 spiro atoms. The van der Waals surface area contributed by atoms with Crippen molar-refractivity contribution in [3.05, 3.63) is 24.3 Å². The van der Waals surface area contributed by atoms with Crippen molar-refractivity contribution in [2.75, 3.05) is 6.61 Å². The molecule has 0 aromatic rings. The molecule has 0 bridgehead atoms. The predicted molar refractivity (Wildman–Crippen MR) is 267 cm³/mol. The number of carbonyl (C=O) groups is 1. The first-order chi connectivity index (χ1) is 29.2. The molecule has 1 atom stereocenters. The fourth-order valence-corrected chi connectivity index (χ4v) is 8.62. The van der Waals surface area contributed by atoms with Gasteiger partial charge in [-0.1, -0.05) is 295 Å². The van der Waals surface area contributed by atoms with E-state index in [-0.39, 0.29) is 5.97 Å². The molecular formula is C57H110O2. The summed E-state index contributed by atoms with van der Waals surface area (Å²) in [7, 11) is 0. The first kappa shape index (κ1) is 58.0. The Morgan fingerprint density at radius 3 is 1.03 bits per heavy atom. The van der Waals surface area contributed by atoms with Crippen LogP contribution in [0.2, 0.25) is 0 Å². The Morgan fingerprint density at radius 2 is 0.678 bits per heavy atom. The minimum atomic E-state index is 0.0156. The number of unbranched alkanes of at least 4 members (excludes halogenated alkanes) is 40. The summed E-state index contributed by atoms with van der Waals surface area (Å²) in [6, 6.07) is 0. The Kier molecular flexibility index (Phi) is 52.1. The molecule has 2 nitrogen and oxygen atoms in total. The van der Waals surface area contributed by atoms with Gasteiger partial charge >= 0.3 is 5.97 Å². The second kappa shape index (κ2) is 53.1. The minimum absolute atomic E-state index is 0.0156. The van der Waals surface area contributed by atoms with Gasteiger partial charge in [-0.2, -0.15) is 0 Å². The molecule has 0 aliphatic rings. The molecule has 1 unspecified atom stereocenters. The standard InChI is InChI=1S/C57H110O2/c1-4-6-7-8-9-10-11-12-32-36-39-42-45-48-51-54-57(58)59-55-52-49-46-43-40-37-34-31-29-27-25-23-21-19-17-15-13-14-16-18-20-22-24-26-28-30-33-35-38-41-44-47-50-53-56(3)5-2/h9-10,12,32,56H,4-8,11,13-31,33-55H2,1-3H3/b10-9-,32-12-. The number of esters is 1. The molecule has 0 aliphatic heterocycles. The maximum absolute atomic E-state index is 12.0. The van der Waals surface area contributed by atoms with Crippen molar-refractivity contribution in [2.45, 2.75) is 323 Å². The molecule has 2 heteroatoms. The summed E-state index contributed by atoms with van der Waals surface area (Å²) in [5.41, 5.74) is 0. The third-order valence-electron chi connectivity index (χ3n) is 13.1. The van der Waals surface area contributed by atoms with E-state index in [9.17, 15) is 4.79 Å². The van der Waals surface area contributed by atoms with Crippen LogP contribution in [0, 0.1) is 5.92 Å². The largest absolute Gasteiger partial charge is 0.466 e. The number of rotatable bonds is 51. The maximum atomic E-state index is 12.0. The second-order valence-corrected chi connectivity index (χ2v) is 19.2. The molecule has 0 saturated carbocycles. The van der Waals surface area contributed by atoms with E-state index in [1.54, 1.807) is 0 Å². The van der Waals surface area contributed by atoms with Gasteiger partial charge in [0.25, 0.3) is 0 Å². The van der Waals surface area contributed by atoms with Gasteiger partial charge in [-0.3, -0.25) is 4.79 Å². The number of carbonyl (C=O) groups excluding carboxylic acids is 1. The van der Waals surface area contributed by atoms with E-state index in [1.165, 1.54) is 270 Å². The summed E-state index contributed by atoms with van der Waals surface area (Å²) in [6.45, 7) is 7.61. The van der Waals surface area contributed by atoms with E-state index in [2.05, 4.69) is 45.1 Å². The molecule has 0 aliphatic carbocycles. The minimum Gasteiger partial charge on any atom is -0.466 e. The van der Waals surface area contributed by atoms with Gasteiger partial charge in [0.1, 0.15) is 0 Å². The monoisotopic (exact) mass is 827 g/mol. The van der Waals surface area contributed by atoms with Gasteiger partial charge in [0.2, 0.25) is 0 Å². The lowest BCUT2D eigenvalue weighted by molar-refractivity contribution is -0.143. The third-order valence-corrected chi connectivity index (χ3v) is 13.1. The van der Waals surface area contributed by atoms with Gasteiger partial charge in [0.15, 0.2) is 0 Å². The van der Waals surface area contributed by atoms with Gasteiger partial charge < -0.3 is 4.74 Å². The summed E-state index contributed by atoms with van der Waals surface area (Å²) >= 11 is 0. The van der Waals surface area contributed by atoms with Crippen molar-refractivity contribution in [1.29, 1.82) is 0 Å². The van der Waals surface area contributed by atoms with Gasteiger partial charge in [0, 0.05) is 6.42 Å². The first-order valence-corrected chi connectivity index (χ1v) is 27.7.